The highest BCUT2D eigenvalue weighted by atomic mass is 32.1. The van der Waals surface area contributed by atoms with Crippen LogP contribution in [0.3, 0.4) is 0 Å². The summed E-state index contributed by atoms with van der Waals surface area (Å²) in [5.74, 6) is 0.362. The molecule has 8 heteroatoms. The molecule has 0 radical (unpaired) electrons. The average Bonchev–Trinajstić information content (AvgIpc) is 3.22. The van der Waals surface area contributed by atoms with Gasteiger partial charge in [0.25, 0.3) is 11.8 Å². The Morgan fingerprint density at radius 3 is 2.39 bits per heavy atom. The summed E-state index contributed by atoms with van der Waals surface area (Å²) < 4.78 is 0. The largest absolute Gasteiger partial charge is 0.356 e. The van der Waals surface area contributed by atoms with Crippen molar-refractivity contribution in [1.29, 1.82) is 0 Å². The molecule has 0 saturated carbocycles. The van der Waals surface area contributed by atoms with E-state index < -0.39 is 0 Å². The number of thiazole rings is 1. The second kappa shape index (κ2) is 9.45. The third-order valence-electron chi connectivity index (χ3n) is 4.50. The van der Waals surface area contributed by atoms with E-state index in [-0.39, 0.29) is 11.8 Å². The number of nitrogens with zero attached hydrogens (tertiary/aromatic N) is 3. The number of amides is 2. The summed E-state index contributed by atoms with van der Waals surface area (Å²) in [7, 11) is 1.74. The maximum atomic E-state index is 12.3. The number of hydrogen-bond acceptors (Lipinski definition) is 5. The number of aryl methyl sites for hydroxylation is 1. The highest BCUT2D eigenvalue weighted by Gasteiger charge is 2.34. The lowest BCUT2D eigenvalue weighted by atomic mass is 10.1. The van der Waals surface area contributed by atoms with Crippen LogP contribution >= 0.6 is 11.3 Å². The van der Waals surface area contributed by atoms with Crippen LogP contribution in [0.25, 0.3) is 0 Å². The molecule has 3 rings (SSSR count). The number of aliphatic imine (C=N–C) groups is 1. The molecule has 1 aromatic carbocycles. The fourth-order valence-electron chi connectivity index (χ4n) is 3.07. The molecule has 2 N–H and O–H groups in total. The Kier molecular flexibility index (Phi) is 6.76. The van der Waals surface area contributed by atoms with Crippen molar-refractivity contribution in [3.05, 3.63) is 51.5 Å². The van der Waals surface area contributed by atoms with Crippen LogP contribution in [0.2, 0.25) is 0 Å². The molecule has 0 unspecified atom stereocenters. The summed E-state index contributed by atoms with van der Waals surface area (Å²) in [5, 5.41) is 7.64. The first-order valence-electron chi connectivity index (χ1n) is 9.41. The number of fused-ring (bicyclic) bond motifs is 1. The predicted molar refractivity (Wildman–Crippen MR) is 111 cm³/mol. The van der Waals surface area contributed by atoms with E-state index in [1.54, 1.807) is 42.6 Å². The molecule has 1 aliphatic heterocycles. The Morgan fingerprint density at radius 2 is 1.79 bits per heavy atom. The first-order chi connectivity index (χ1) is 13.6. The van der Waals surface area contributed by atoms with E-state index in [1.165, 1.54) is 9.78 Å². The number of rotatable bonds is 8. The highest BCUT2D eigenvalue weighted by molar-refractivity contribution is 7.11. The molecule has 2 amide bonds. The van der Waals surface area contributed by atoms with Gasteiger partial charge in [-0.2, -0.15) is 0 Å². The number of hydrogen-bond donors (Lipinski definition) is 2. The molecule has 1 aliphatic rings. The third-order valence-corrected chi connectivity index (χ3v) is 5.48. The minimum Gasteiger partial charge on any atom is -0.356 e. The van der Waals surface area contributed by atoms with E-state index in [1.807, 2.05) is 6.20 Å². The van der Waals surface area contributed by atoms with E-state index >= 15 is 0 Å². The fourth-order valence-corrected chi connectivity index (χ4v) is 3.86. The number of benzene rings is 1. The lowest BCUT2D eigenvalue weighted by molar-refractivity contribution is 0.0652. The summed E-state index contributed by atoms with van der Waals surface area (Å²) in [6.45, 7) is 3.97. The molecule has 0 spiro atoms. The molecule has 2 aromatic rings. The Morgan fingerprint density at radius 1 is 1.11 bits per heavy atom. The number of imide groups is 1. The van der Waals surface area contributed by atoms with Crippen LogP contribution in [0, 0.1) is 6.92 Å². The van der Waals surface area contributed by atoms with Crippen molar-refractivity contribution < 1.29 is 9.59 Å². The number of carbonyl (C=O) groups is 2. The van der Waals surface area contributed by atoms with Gasteiger partial charge < -0.3 is 10.6 Å². The van der Waals surface area contributed by atoms with Crippen LogP contribution in [-0.2, 0) is 6.42 Å². The number of unbranched alkanes of at least 4 members (excludes halogenated alkanes) is 1. The Balaban J connectivity index is 1.34. The summed E-state index contributed by atoms with van der Waals surface area (Å²) in [4.78, 5) is 35.8. The highest BCUT2D eigenvalue weighted by Crippen LogP contribution is 2.22. The summed E-state index contributed by atoms with van der Waals surface area (Å²) in [6, 6.07) is 6.98. The number of nitrogens with one attached hydrogen (secondary N) is 2. The number of carbonyl (C=O) groups excluding carboxylic acids is 2. The van der Waals surface area contributed by atoms with Gasteiger partial charge in [-0.25, -0.2) is 4.98 Å². The lowest BCUT2D eigenvalue weighted by Gasteiger charge is -2.14. The van der Waals surface area contributed by atoms with Crippen molar-refractivity contribution in [2.24, 2.45) is 4.99 Å². The first-order valence-corrected chi connectivity index (χ1v) is 10.2. The van der Waals surface area contributed by atoms with Crippen LogP contribution in [0.4, 0.5) is 0 Å². The molecule has 0 bridgehead atoms. The zero-order valence-electron chi connectivity index (χ0n) is 16.2. The molecule has 0 saturated heterocycles. The maximum absolute atomic E-state index is 12.3. The van der Waals surface area contributed by atoms with Gasteiger partial charge in [0.2, 0.25) is 0 Å². The molecular weight excluding hydrogens is 374 g/mol. The van der Waals surface area contributed by atoms with Crippen LogP contribution in [-0.4, -0.2) is 54.3 Å². The van der Waals surface area contributed by atoms with Crippen molar-refractivity contribution in [3.63, 3.8) is 0 Å². The van der Waals surface area contributed by atoms with Gasteiger partial charge in [0.1, 0.15) is 0 Å². The molecule has 0 fully saturated rings. The average molecular weight is 400 g/mol. The van der Waals surface area contributed by atoms with Crippen LogP contribution in [0.15, 0.2) is 35.5 Å². The summed E-state index contributed by atoms with van der Waals surface area (Å²) in [6.07, 6.45) is 4.33. The van der Waals surface area contributed by atoms with E-state index in [4.69, 9.17) is 0 Å². The SMILES string of the molecule is CN=C(NCCCCN1C(=O)c2ccccc2C1=O)NCCc1ncc(C)s1. The van der Waals surface area contributed by atoms with Gasteiger partial charge >= 0.3 is 0 Å². The van der Waals surface area contributed by atoms with E-state index in [0.29, 0.717) is 17.7 Å². The molecular formula is C20H25N5O2S. The van der Waals surface area contributed by atoms with Gasteiger partial charge in [-0.1, -0.05) is 12.1 Å². The molecule has 0 atom stereocenters. The van der Waals surface area contributed by atoms with Gasteiger partial charge in [0, 0.05) is 44.2 Å². The standard InChI is InChI=1S/C20H25N5O2S/c1-14-13-24-17(28-14)9-11-23-20(21-2)22-10-5-6-12-25-18(26)15-7-3-4-8-16(15)19(25)27/h3-4,7-8,13H,5-6,9-12H2,1-2H3,(H2,21,22,23). The second-order valence-corrected chi connectivity index (χ2v) is 7.87. The quantitative estimate of drug-likeness (QED) is 0.308. The summed E-state index contributed by atoms with van der Waals surface area (Å²) in [5.41, 5.74) is 1.01. The van der Waals surface area contributed by atoms with E-state index in [9.17, 15) is 9.59 Å². The number of aromatic nitrogens is 1. The maximum Gasteiger partial charge on any atom is 0.261 e. The van der Waals surface area contributed by atoms with Crippen molar-refractivity contribution >= 4 is 29.1 Å². The monoisotopic (exact) mass is 399 g/mol. The van der Waals surface area contributed by atoms with Gasteiger partial charge in [0.15, 0.2) is 5.96 Å². The van der Waals surface area contributed by atoms with Crippen LogP contribution < -0.4 is 10.6 Å². The third kappa shape index (κ3) is 4.75. The van der Waals surface area contributed by atoms with E-state index in [2.05, 4.69) is 27.5 Å². The van der Waals surface area contributed by atoms with Crippen LogP contribution in [0.5, 0.6) is 0 Å². The molecule has 0 aliphatic carbocycles. The molecule has 7 nitrogen and oxygen atoms in total. The predicted octanol–water partition coefficient (Wildman–Crippen LogP) is 2.24. The van der Waals surface area contributed by atoms with Crippen molar-refractivity contribution in [3.8, 4) is 0 Å². The Hall–Kier alpha value is -2.74. The van der Waals surface area contributed by atoms with Gasteiger partial charge in [-0.3, -0.25) is 19.5 Å². The normalized spacial score (nSPS) is 13.8. The van der Waals surface area contributed by atoms with Crippen molar-refractivity contribution in [2.45, 2.75) is 26.2 Å². The zero-order valence-corrected chi connectivity index (χ0v) is 17.0. The minimum absolute atomic E-state index is 0.191. The Labute approximate surface area is 168 Å². The topological polar surface area (TPSA) is 86.7 Å². The van der Waals surface area contributed by atoms with Gasteiger partial charge in [0.05, 0.1) is 16.1 Å². The number of guanidine groups is 1. The van der Waals surface area contributed by atoms with Gasteiger partial charge in [-0.15, -0.1) is 11.3 Å². The zero-order chi connectivity index (χ0) is 19.9. The second-order valence-electron chi connectivity index (χ2n) is 6.56. The smallest absolute Gasteiger partial charge is 0.261 e. The molecule has 28 heavy (non-hydrogen) atoms. The van der Waals surface area contributed by atoms with Crippen LogP contribution in [0.1, 0.15) is 43.4 Å². The van der Waals surface area contributed by atoms with Gasteiger partial charge in [-0.05, 0) is 31.9 Å². The van der Waals surface area contributed by atoms with Crippen molar-refractivity contribution in [1.82, 2.24) is 20.5 Å². The first kappa shape index (κ1) is 20.0. The molecule has 2 heterocycles. The molecule has 1 aromatic heterocycles. The minimum atomic E-state index is -0.191. The fraction of sp³-hybridized carbons (Fsp3) is 0.400. The molecule has 148 valence electrons. The lowest BCUT2D eigenvalue weighted by Crippen LogP contribution is -2.39. The van der Waals surface area contributed by atoms with Crippen molar-refractivity contribution in [2.75, 3.05) is 26.7 Å². The Bertz CT molecular complexity index is 842. The van der Waals surface area contributed by atoms with E-state index in [0.717, 1.165) is 43.3 Å². The summed E-state index contributed by atoms with van der Waals surface area (Å²) >= 11 is 1.71.